The van der Waals surface area contributed by atoms with Crippen molar-refractivity contribution in [2.75, 3.05) is 13.1 Å². The van der Waals surface area contributed by atoms with Gasteiger partial charge in [-0.2, -0.15) is 0 Å². The van der Waals surface area contributed by atoms with E-state index in [-0.39, 0.29) is 6.04 Å². The van der Waals surface area contributed by atoms with Gasteiger partial charge in [-0.05, 0) is 44.5 Å². The quantitative estimate of drug-likeness (QED) is 0.924. The van der Waals surface area contributed by atoms with Crippen molar-refractivity contribution >= 4 is 15.9 Å². The second-order valence-electron chi connectivity index (χ2n) is 4.57. The maximum atomic E-state index is 6.15. The van der Waals surface area contributed by atoms with Crippen molar-refractivity contribution in [1.29, 1.82) is 0 Å². The predicted molar refractivity (Wildman–Crippen MR) is 71.3 cm³/mol. The SMILES string of the molecule is CC(N)C(c1ccccc1Br)N1CCCC1. The minimum Gasteiger partial charge on any atom is -0.326 e. The van der Waals surface area contributed by atoms with Crippen LogP contribution in [0.15, 0.2) is 28.7 Å². The fraction of sp³-hybridized carbons (Fsp3) is 0.538. The number of nitrogens with two attached hydrogens (primary N) is 1. The van der Waals surface area contributed by atoms with E-state index in [4.69, 9.17) is 5.73 Å². The Balaban J connectivity index is 2.28. The second-order valence-corrected chi connectivity index (χ2v) is 5.42. The second kappa shape index (κ2) is 5.30. The van der Waals surface area contributed by atoms with Crippen LogP contribution in [-0.2, 0) is 0 Å². The van der Waals surface area contributed by atoms with Gasteiger partial charge in [-0.25, -0.2) is 0 Å². The van der Waals surface area contributed by atoms with E-state index < -0.39 is 0 Å². The molecule has 3 heteroatoms. The predicted octanol–water partition coefficient (Wildman–Crippen LogP) is 2.93. The molecule has 1 aromatic carbocycles. The minimum atomic E-state index is 0.164. The third-order valence-electron chi connectivity index (χ3n) is 3.26. The van der Waals surface area contributed by atoms with Crippen LogP contribution < -0.4 is 5.73 Å². The van der Waals surface area contributed by atoms with Crippen LogP contribution in [0.25, 0.3) is 0 Å². The maximum absolute atomic E-state index is 6.15. The number of nitrogens with zero attached hydrogens (tertiary/aromatic N) is 1. The van der Waals surface area contributed by atoms with Crippen molar-refractivity contribution in [2.24, 2.45) is 5.73 Å². The molecule has 2 unspecified atom stereocenters. The van der Waals surface area contributed by atoms with Crippen LogP contribution in [0.4, 0.5) is 0 Å². The third kappa shape index (κ3) is 2.47. The normalized spacial score (nSPS) is 20.9. The van der Waals surface area contributed by atoms with Crippen LogP contribution in [0.5, 0.6) is 0 Å². The van der Waals surface area contributed by atoms with Gasteiger partial charge in [-0.15, -0.1) is 0 Å². The molecule has 0 bridgehead atoms. The summed E-state index contributed by atoms with van der Waals surface area (Å²) in [7, 11) is 0. The zero-order valence-electron chi connectivity index (χ0n) is 9.70. The van der Waals surface area contributed by atoms with Crippen LogP contribution in [0.1, 0.15) is 31.4 Å². The van der Waals surface area contributed by atoms with Gasteiger partial charge in [0.25, 0.3) is 0 Å². The number of hydrogen-bond donors (Lipinski definition) is 1. The lowest BCUT2D eigenvalue weighted by Crippen LogP contribution is -2.38. The molecular formula is C13H19BrN2. The van der Waals surface area contributed by atoms with Crippen LogP contribution in [0, 0.1) is 0 Å². The number of rotatable bonds is 3. The van der Waals surface area contributed by atoms with Crippen LogP contribution in [0.2, 0.25) is 0 Å². The first kappa shape index (κ1) is 12.1. The lowest BCUT2D eigenvalue weighted by Gasteiger charge is -2.31. The molecule has 0 aromatic heterocycles. The van der Waals surface area contributed by atoms with Gasteiger partial charge in [-0.1, -0.05) is 34.1 Å². The Kier molecular flexibility index (Phi) is 4.00. The molecule has 1 saturated heterocycles. The van der Waals surface area contributed by atoms with Gasteiger partial charge in [0.1, 0.15) is 0 Å². The van der Waals surface area contributed by atoms with E-state index in [0.717, 1.165) is 0 Å². The monoisotopic (exact) mass is 282 g/mol. The van der Waals surface area contributed by atoms with Crippen molar-refractivity contribution in [2.45, 2.75) is 31.8 Å². The highest BCUT2D eigenvalue weighted by atomic mass is 79.9. The molecule has 2 rings (SSSR count). The molecule has 1 aliphatic rings. The van der Waals surface area contributed by atoms with E-state index in [9.17, 15) is 0 Å². The molecule has 1 heterocycles. The summed E-state index contributed by atoms with van der Waals surface area (Å²) in [5.74, 6) is 0. The highest BCUT2D eigenvalue weighted by molar-refractivity contribution is 9.10. The Morgan fingerprint density at radius 3 is 2.44 bits per heavy atom. The summed E-state index contributed by atoms with van der Waals surface area (Å²) in [5.41, 5.74) is 7.47. The Morgan fingerprint density at radius 1 is 1.25 bits per heavy atom. The molecule has 1 fully saturated rings. The van der Waals surface area contributed by atoms with Crippen LogP contribution in [0.3, 0.4) is 0 Å². The fourth-order valence-corrected chi connectivity index (χ4v) is 3.07. The first-order valence-corrected chi connectivity index (χ1v) is 6.73. The average Bonchev–Trinajstić information content (AvgIpc) is 2.74. The first-order valence-electron chi connectivity index (χ1n) is 5.94. The van der Waals surface area contributed by atoms with E-state index in [1.807, 2.05) is 0 Å². The molecule has 0 radical (unpaired) electrons. The summed E-state index contributed by atoms with van der Waals surface area (Å²) < 4.78 is 1.17. The third-order valence-corrected chi connectivity index (χ3v) is 3.98. The van der Waals surface area contributed by atoms with E-state index in [0.29, 0.717) is 6.04 Å². The largest absolute Gasteiger partial charge is 0.326 e. The Labute approximate surface area is 106 Å². The standard InChI is InChI=1S/C13H19BrN2/c1-10(15)13(16-8-4-5-9-16)11-6-2-3-7-12(11)14/h2-3,6-7,10,13H,4-5,8-9,15H2,1H3. The lowest BCUT2D eigenvalue weighted by molar-refractivity contribution is 0.218. The van der Waals surface area contributed by atoms with Crippen molar-refractivity contribution < 1.29 is 0 Å². The lowest BCUT2D eigenvalue weighted by atomic mass is 9.99. The van der Waals surface area contributed by atoms with Gasteiger partial charge in [0.2, 0.25) is 0 Å². The average molecular weight is 283 g/mol. The van der Waals surface area contributed by atoms with Gasteiger partial charge >= 0.3 is 0 Å². The highest BCUT2D eigenvalue weighted by Gasteiger charge is 2.27. The summed E-state index contributed by atoms with van der Waals surface area (Å²) in [6.07, 6.45) is 2.60. The highest BCUT2D eigenvalue weighted by Crippen LogP contribution is 2.31. The van der Waals surface area contributed by atoms with E-state index >= 15 is 0 Å². The van der Waals surface area contributed by atoms with Crippen molar-refractivity contribution in [3.05, 3.63) is 34.3 Å². The molecule has 0 spiro atoms. The Morgan fingerprint density at radius 2 is 1.88 bits per heavy atom. The van der Waals surface area contributed by atoms with Crippen LogP contribution >= 0.6 is 15.9 Å². The summed E-state index contributed by atoms with van der Waals surface area (Å²) >= 11 is 3.63. The topological polar surface area (TPSA) is 29.3 Å². The summed E-state index contributed by atoms with van der Waals surface area (Å²) in [4.78, 5) is 2.50. The molecule has 2 nitrogen and oxygen atoms in total. The molecule has 1 aromatic rings. The van der Waals surface area contributed by atoms with E-state index in [2.05, 4.69) is 52.0 Å². The van der Waals surface area contributed by atoms with Gasteiger partial charge in [0.15, 0.2) is 0 Å². The zero-order chi connectivity index (χ0) is 11.5. The number of hydrogen-bond acceptors (Lipinski definition) is 2. The van der Waals surface area contributed by atoms with Crippen molar-refractivity contribution in [1.82, 2.24) is 4.90 Å². The molecule has 1 aliphatic heterocycles. The minimum absolute atomic E-state index is 0.164. The molecule has 2 atom stereocenters. The number of halogens is 1. The molecule has 0 aliphatic carbocycles. The first-order chi connectivity index (χ1) is 7.70. The Hall–Kier alpha value is -0.380. The molecule has 0 saturated carbocycles. The van der Waals surface area contributed by atoms with Crippen molar-refractivity contribution in [3.63, 3.8) is 0 Å². The van der Waals surface area contributed by atoms with E-state index in [1.54, 1.807) is 0 Å². The fourth-order valence-electron chi connectivity index (χ4n) is 2.55. The number of benzene rings is 1. The zero-order valence-corrected chi connectivity index (χ0v) is 11.3. The molecule has 2 N–H and O–H groups in total. The summed E-state index contributed by atoms with van der Waals surface area (Å²) in [5, 5.41) is 0. The van der Waals surface area contributed by atoms with Crippen molar-refractivity contribution in [3.8, 4) is 0 Å². The molecule has 88 valence electrons. The Bertz CT molecular complexity index is 346. The van der Waals surface area contributed by atoms with Gasteiger partial charge in [0.05, 0.1) is 6.04 Å². The molecule has 16 heavy (non-hydrogen) atoms. The molecule has 0 amide bonds. The van der Waals surface area contributed by atoms with E-state index in [1.165, 1.54) is 36.0 Å². The maximum Gasteiger partial charge on any atom is 0.0507 e. The van der Waals surface area contributed by atoms with Gasteiger partial charge in [0, 0.05) is 10.5 Å². The number of likely N-dealkylation sites (tertiary alicyclic amines) is 1. The summed E-state index contributed by atoms with van der Waals surface area (Å²) in [6.45, 7) is 4.45. The summed E-state index contributed by atoms with van der Waals surface area (Å²) in [6, 6.07) is 8.92. The van der Waals surface area contributed by atoms with Crippen LogP contribution in [-0.4, -0.2) is 24.0 Å². The van der Waals surface area contributed by atoms with Gasteiger partial charge in [-0.3, -0.25) is 4.90 Å². The smallest absolute Gasteiger partial charge is 0.0507 e. The van der Waals surface area contributed by atoms with Gasteiger partial charge < -0.3 is 5.73 Å². The molecular weight excluding hydrogens is 264 g/mol.